The van der Waals surface area contributed by atoms with Crippen molar-refractivity contribution in [1.29, 1.82) is 0 Å². The minimum Gasteiger partial charge on any atom is -0.480 e. The number of hydrogen-bond donors (Lipinski definition) is 2. The molecule has 0 aliphatic rings. The van der Waals surface area contributed by atoms with Crippen molar-refractivity contribution < 1.29 is 14.6 Å². The fraction of sp³-hybridized carbons (Fsp3) is 0.900. The van der Waals surface area contributed by atoms with Gasteiger partial charge in [0.1, 0.15) is 6.04 Å². The Labute approximate surface area is 91.4 Å². The lowest BCUT2D eigenvalue weighted by Crippen LogP contribution is -2.52. The summed E-state index contributed by atoms with van der Waals surface area (Å²) in [5, 5.41) is 11.9. The number of likely N-dealkylation sites (N-methyl/N-ethyl adjacent to an activating group) is 1. The van der Waals surface area contributed by atoms with Gasteiger partial charge in [0.05, 0.1) is 6.61 Å². The molecule has 0 fully saturated rings. The number of nitrogens with zero attached hydrogens (tertiary/aromatic N) is 1. The number of carboxylic acid groups (broad SMARTS) is 1. The highest BCUT2D eigenvalue weighted by molar-refractivity contribution is 5.73. The number of nitrogens with one attached hydrogen (secondary N) is 1. The van der Waals surface area contributed by atoms with Gasteiger partial charge in [-0.25, -0.2) is 0 Å². The number of methoxy groups -OCH3 is 1. The second-order valence-corrected chi connectivity index (χ2v) is 4.43. The molecular weight excluding hydrogens is 196 g/mol. The van der Waals surface area contributed by atoms with E-state index in [4.69, 9.17) is 9.84 Å². The van der Waals surface area contributed by atoms with E-state index in [9.17, 15) is 4.79 Å². The van der Waals surface area contributed by atoms with Crippen molar-refractivity contribution in [3.8, 4) is 0 Å². The largest absolute Gasteiger partial charge is 0.480 e. The van der Waals surface area contributed by atoms with Crippen LogP contribution in [0.25, 0.3) is 0 Å². The molecule has 0 spiro atoms. The summed E-state index contributed by atoms with van der Waals surface area (Å²) >= 11 is 0. The highest BCUT2D eigenvalue weighted by atomic mass is 16.5. The summed E-state index contributed by atoms with van der Waals surface area (Å²) in [5.74, 6) is -0.883. The molecule has 5 heteroatoms. The first-order chi connectivity index (χ1) is 6.81. The van der Waals surface area contributed by atoms with Crippen molar-refractivity contribution in [3.63, 3.8) is 0 Å². The summed E-state index contributed by atoms with van der Waals surface area (Å²) in [6, 6.07) is -0.644. The molecular formula is C10H22N2O3. The fourth-order valence-electron chi connectivity index (χ4n) is 0.915. The number of carbonyl (C=O) groups is 1. The van der Waals surface area contributed by atoms with E-state index in [-0.39, 0.29) is 12.1 Å². The molecule has 0 aromatic heterocycles. The van der Waals surface area contributed by atoms with Gasteiger partial charge in [-0.05, 0) is 27.9 Å². The smallest absolute Gasteiger partial charge is 0.323 e. The summed E-state index contributed by atoms with van der Waals surface area (Å²) in [7, 11) is 5.43. The zero-order chi connectivity index (χ0) is 12.1. The third-order valence-corrected chi connectivity index (χ3v) is 2.62. The summed E-state index contributed by atoms with van der Waals surface area (Å²) in [6.45, 7) is 4.87. The third kappa shape index (κ3) is 5.11. The molecule has 0 saturated carbocycles. The molecule has 0 saturated heterocycles. The average molecular weight is 218 g/mol. The van der Waals surface area contributed by atoms with Gasteiger partial charge < -0.3 is 20.1 Å². The number of rotatable bonds is 7. The Morgan fingerprint density at radius 3 is 2.40 bits per heavy atom. The summed E-state index contributed by atoms with van der Waals surface area (Å²) in [4.78, 5) is 12.9. The quantitative estimate of drug-likeness (QED) is 0.630. The van der Waals surface area contributed by atoms with E-state index >= 15 is 0 Å². The summed E-state index contributed by atoms with van der Waals surface area (Å²) < 4.78 is 4.83. The Morgan fingerprint density at radius 1 is 1.53 bits per heavy atom. The van der Waals surface area contributed by atoms with Crippen LogP contribution in [-0.4, -0.2) is 61.9 Å². The normalized spacial score (nSPS) is 14.3. The van der Waals surface area contributed by atoms with Crippen LogP contribution >= 0.6 is 0 Å². The van der Waals surface area contributed by atoms with E-state index in [1.54, 1.807) is 0 Å². The summed E-state index contributed by atoms with van der Waals surface area (Å²) in [5.41, 5.74) is -0.0819. The lowest BCUT2D eigenvalue weighted by Gasteiger charge is -2.33. The molecule has 2 N–H and O–H groups in total. The van der Waals surface area contributed by atoms with E-state index in [1.165, 1.54) is 7.11 Å². The molecule has 0 aliphatic heterocycles. The van der Waals surface area contributed by atoms with Crippen molar-refractivity contribution in [2.45, 2.75) is 25.4 Å². The van der Waals surface area contributed by atoms with E-state index < -0.39 is 12.0 Å². The molecule has 0 aromatic rings. The molecule has 0 radical (unpaired) electrons. The van der Waals surface area contributed by atoms with Crippen LogP contribution in [0.1, 0.15) is 13.8 Å². The zero-order valence-corrected chi connectivity index (χ0v) is 10.2. The van der Waals surface area contributed by atoms with E-state index in [2.05, 4.69) is 5.32 Å². The molecule has 0 aliphatic carbocycles. The molecule has 1 unspecified atom stereocenters. The Bertz CT molecular complexity index is 205. The highest BCUT2D eigenvalue weighted by Gasteiger charge is 2.24. The Morgan fingerprint density at radius 2 is 2.07 bits per heavy atom. The number of carboxylic acids is 1. The SMILES string of the molecule is COCC(NCC(C)(C)N(C)C)C(=O)O. The lowest BCUT2D eigenvalue weighted by molar-refractivity contribution is -0.141. The van der Waals surface area contributed by atoms with E-state index in [0.29, 0.717) is 6.54 Å². The second-order valence-electron chi connectivity index (χ2n) is 4.43. The van der Waals surface area contributed by atoms with Gasteiger partial charge in [-0.15, -0.1) is 0 Å². The third-order valence-electron chi connectivity index (χ3n) is 2.62. The van der Waals surface area contributed by atoms with Crippen LogP contribution in [-0.2, 0) is 9.53 Å². The van der Waals surface area contributed by atoms with Gasteiger partial charge in [0.25, 0.3) is 0 Å². The average Bonchev–Trinajstić information content (AvgIpc) is 2.11. The molecule has 0 bridgehead atoms. The maximum atomic E-state index is 10.8. The monoisotopic (exact) mass is 218 g/mol. The maximum absolute atomic E-state index is 10.8. The van der Waals surface area contributed by atoms with Gasteiger partial charge >= 0.3 is 5.97 Å². The van der Waals surface area contributed by atoms with Gasteiger partial charge in [0, 0.05) is 19.2 Å². The standard InChI is InChI=1S/C10H22N2O3/c1-10(2,12(3)4)7-11-8(6-15-5)9(13)14/h8,11H,6-7H2,1-5H3,(H,13,14). The van der Waals surface area contributed by atoms with Gasteiger partial charge in [0.2, 0.25) is 0 Å². The van der Waals surface area contributed by atoms with Crippen molar-refractivity contribution in [2.75, 3.05) is 34.4 Å². The van der Waals surface area contributed by atoms with Crippen LogP contribution in [0.15, 0.2) is 0 Å². The van der Waals surface area contributed by atoms with Crippen molar-refractivity contribution in [1.82, 2.24) is 10.2 Å². The first-order valence-corrected chi connectivity index (χ1v) is 4.94. The molecule has 0 aromatic carbocycles. The van der Waals surface area contributed by atoms with Crippen LogP contribution in [0.2, 0.25) is 0 Å². The number of hydrogen-bond acceptors (Lipinski definition) is 4. The van der Waals surface area contributed by atoms with E-state index in [1.807, 2.05) is 32.8 Å². The molecule has 1 atom stereocenters. The predicted molar refractivity (Wildman–Crippen MR) is 59.1 cm³/mol. The Balaban J connectivity index is 4.15. The van der Waals surface area contributed by atoms with Crippen molar-refractivity contribution >= 4 is 5.97 Å². The van der Waals surface area contributed by atoms with Gasteiger partial charge in [-0.3, -0.25) is 4.79 Å². The first kappa shape index (κ1) is 14.3. The van der Waals surface area contributed by atoms with Crippen LogP contribution in [0.3, 0.4) is 0 Å². The number of ether oxygens (including phenoxy) is 1. The molecule has 90 valence electrons. The highest BCUT2D eigenvalue weighted by Crippen LogP contribution is 2.08. The van der Waals surface area contributed by atoms with Crippen LogP contribution in [0, 0.1) is 0 Å². The molecule has 0 amide bonds. The van der Waals surface area contributed by atoms with Crippen molar-refractivity contribution in [3.05, 3.63) is 0 Å². The van der Waals surface area contributed by atoms with Gasteiger partial charge in [-0.2, -0.15) is 0 Å². The fourth-order valence-corrected chi connectivity index (χ4v) is 0.915. The molecule has 0 heterocycles. The topological polar surface area (TPSA) is 61.8 Å². The van der Waals surface area contributed by atoms with Gasteiger partial charge in [0.15, 0.2) is 0 Å². The van der Waals surface area contributed by atoms with Gasteiger partial charge in [-0.1, -0.05) is 0 Å². The zero-order valence-electron chi connectivity index (χ0n) is 10.2. The van der Waals surface area contributed by atoms with E-state index in [0.717, 1.165) is 0 Å². The Kier molecular flexibility index (Phi) is 5.79. The van der Waals surface area contributed by atoms with Crippen LogP contribution in [0.5, 0.6) is 0 Å². The summed E-state index contributed by atoms with van der Waals surface area (Å²) in [6.07, 6.45) is 0. The first-order valence-electron chi connectivity index (χ1n) is 4.94. The minimum absolute atomic E-state index is 0.0819. The Hall–Kier alpha value is -0.650. The predicted octanol–water partition coefficient (Wildman–Crippen LogP) is 0.0158. The van der Waals surface area contributed by atoms with Crippen molar-refractivity contribution in [2.24, 2.45) is 0 Å². The number of aliphatic carboxylic acids is 1. The molecule has 15 heavy (non-hydrogen) atoms. The van der Waals surface area contributed by atoms with Crippen LogP contribution in [0.4, 0.5) is 0 Å². The lowest BCUT2D eigenvalue weighted by atomic mass is 10.0. The van der Waals surface area contributed by atoms with Crippen LogP contribution < -0.4 is 5.32 Å². The molecule has 5 nitrogen and oxygen atoms in total. The maximum Gasteiger partial charge on any atom is 0.323 e. The molecule has 0 rings (SSSR count). The minimum atomic E-state index is -0.883. The second kappa shape index (κ2) is 6.05.